The van der Waals surface area contributed by atoms with Crippen molar-refractivity contribution in [3.63, 3.8) is 0 Å². The fourth-order valence-electron chi connectivity index (χ4n) is 3.00. The molecule has 6 heteroatoms. The average Bonchev–Trinajstić information content (AvgIpc) is 3.03. The van der Waals surface area contributed by atoms with Crippen LogP contribution < -0.4 is 5.32 Å². The molecule has 1 amide bonds. The maximum absolute atomic E-state index is 13.9. The van der Waals surface area contributed by atoms with Crippen molar-refractivity contribution in [3.8, 4) is 0 Å². The summed E-state index contributed by atoms with van der Waals surface area (Å²) in [6.45, 7) is 1.81. The summed E-state index contributed by atoms with van der Waals surface area (Å²) in [7, 11) is 1.81. The molecule has 2 N–H and O–H groups in total. The van der Waals surface area contributed by atoms with Gasteiger partial charge in [0.2, 0.25) is 5.91 Å². The molecule has 1 saturated heterocycles. The number of aromatic nitrogens is 2. The molecule has 0 bridgehead atoms. The predicted octanol–water partition coefficient (Wildman–Crippen LogP) is 1.38. The summed E-state index contributed by atoms with van der Waals surface area (Å²) in [6, 6.07) is 6.69. The van der Waals surface area contributed by atoms with E-state index in [2.05, 4.69) is 15.5 Å². The summed E-state index contributed by atoms with van der Waals surface area (Å²) in [5.41, 5.74) is 1.14. The number of amides is 1. The van der Waals surface area contributed by atoms with Crippen LogP contribution in [0.25, 0.3) is 0 Å². The molecule has 1 aromatic heterocycles. The molecule has 0 saturated carbocycles. The first-order valence-electron chi connectivity index (χ1n) is 7.78. The number of hydrogen-bond acceptors (Lipinski definition) is 3. The average molecular weight is 316 g/mol. The molecule has 0 aliphatic carbocycles. The van der Waals surface area contributed by atoms with Gasteiger partial charge >= 0.3 is 0 Å². The van der Waals surface area contributed by atoms with Gasteiger partial charge in [0.25, 0.3) is 0 Å². The molecule has 1 fully saturated rings. The quantitative estimate of drug-likeness (QED) is 0.846. The number of aromatic amines is 1. The minimum Gasteiger partial charge on any atom is -0.345 e. The molecule has 2 heterocycles. The Morgan fingerprint density at radius 1 is 1.39 bits per heavy atom. The molecule has 1 aromatic carbocycles. The highest BCUT2D eigenvalue weighted by Crippen LogP contribution is 2.31. The Bertz CT molecular complexity index is 667. The molecule has 23 heavy (non-hydrogen) atoms. The van der Waals surface area contributed by atoms with Crippen molar-refractivity contribution < 1.29 is 9.18 Å². The van der Waals surface area contributed by atoms with Crippen LogP contribution in [0.15, 0.2) is 36.7 Å². The van der Waals surface area contributed by atoms with Crippen molar-refractivity contribution in [1.82, 2.24) is 20.4 Å². The van der Waals surface area contributed by atoms with Gasteiger partial charge in [-0.3, -0.25) is 9.89 Å². The molecule has 1 aliphatic heterocycles. The Balaban J connectivity index is 1.66. The van der Waals surface area contributed by atoms with Crippen molar-refractivity contribution in [2.24, 2.45) is 5.41 Å². The number of H-pyrrole nitrogens is 1. The lowest BCUT2D eigenvalue weighted by atomic mass is 9.75. The highest BCUT2D eigenvalue weighted by atomic mass is 19.1. The van der Waals surface area contributed by atoms with Crippen molar-refractivity contribution in [2.45, 2.75) is 12.8 Å². The Labute approximate surface area is 134 Å². The molecule has 0 unspecified atom stereocenters. The third-order valence-electron chi connectivity index (χ3n) is 4.50. The van der Waals surface area contributed by atoms with Gasteiger partial charge in [-0.1, -0.05) is 18.2 Å². The highest BCUT2D eigenvalue weighted by molar-refractivity contribution is 5.84. The van der Waals surface area contributed by atoms with Gasteiger partial charge < -0.3 is 10.2 Å². The van der Waals surface area contributed by atoms with Gasteiger partial charge in [-0.2, -0.15) is 5.10 Å². The number of halogens is 1. The zero-order chi connectivity index (χ0) is 16.3. The first-order chi connectivity index (χ1) is 11.1. The third-order valence-corrected chi connectivity index (χ3v) is 4.50. The number of likely N-dealkylation sites (N-methyl/N-ethyl adjacent to an activating group) is 1. The smallest absolute Gasteiger partial charge is 0.231 e. The van der Waals surface area contributed by atoms with Crippen LogP contribution in [0.5, 0.6) is 0 Å². The molecular formula is C17H21FN4O. The molecule has 0 radical (unpaired) electrons. The summed E-state index contributed by atoms with van der Waals surface area (Å²) < 4.78 is 13.9. The monoisotopic (exact) mass is 316 g/mol. The highest BCUT2D eigenvalue weighted by Gasteiger charge is 2.46. The number of rotatable bonds is 6. The summed E-state index contributed by atoms with van der Waals surface area (Å²) in [5.74, 6) is -0.171. The van der Waals surface area contributed by atoms with Crippen LogP contribution in [0.4, 0.5) is 4.39 Å². The van der Waals surface area contributed by atoms with E-state index in [-0.39, 0.29) is 11.7 Å². The topological polar surface area (TPSA) is 61.0 Å². The van der Waals surface area contributed by atoms with E-state index in [1.807, 2.05) is 19.3 Å². The van der Waals surface area contributed by atoms with Crippen molar-refractivity contribution in [3.05, 3.63) is 53.6 Å². The van der Waals surface area contributed by atoms with Gasteiger partial charge in [-0.15, -0.1) is 0 Å². The van der Waals surface area contributed by atoms with Gasteiger partial charge in [0.05, 0.1) is 11.6 Å². The van der Waals surface area contributed by atoms with Crippen molar-refractivity contribution in [2.75, 3.05) is 26.7 Å². The van der Waals surface area contributed by atoms with Crippen LogP contribution in [0.2, 0.25) is 0 Å². The fourth-order valence-corrected chi connectivity index (χ4v) is 3.00. The SMILES string of the molecule is CN(CCc1cn[nH]c1)C(=O)C1(Cc2ccccc2F)CNC1. The lowest BCUT2D eigenvalue weighted by molar-refractivity contribution is -0.143. The normalized spacial score (nSPS) is 15.9. The Hall–Kier alpha value is -2.21. The van der Waals surface area contributed by atoms with E-state index in [0.29, 0.717) is 31.6 Å². The van der Waals surface area contributed by atoms with E-state index in [1.165, 1.54) is 6.07 Å². The first kappa shape index (κ1) is 15.7. The lowest BCUT2D eigenvalue weighted by Gasteiger charge is -2.43. The molecule has 5 nitrogen and oxygen atoms in total. The van der Waals surface area contributed by atoms with Crippen LogP contribution in [0.1, 0.15) is 11.1 Å². The maximum Gasteiger partial charge on any atom is 0.231 e. The van der Waals surface area contributed by atoms with Crippen molar-refractivity contribution in [1.29, 1.82) is 0 Å². The van der Waals surface area contributed by atoms with Crippen LogP contribution in [0, 0.1) is 11.2 Å². The second-order valence-electron chi connectivity index (χ2n) is 6.24. The van der Waals surface area contributed by atoms with Crippen molar-refractivity contribution >= 4 is 5.91 Å². The van der Waals surface area contributed by atoms with E-state index in [9.17, 15) is 9.18 Å². The summed E-state index contributed by atoms with van der Waals surface area (Å²) in [5, 5.41) is 9.84. The van der Waals surface area contributed by atoms with Crippen LogP contribution >= 0.6 is 0 Å². The molecule has 0 spiro atoms. The number of nitrogens with zero attached hydrogens (tertiary/aromatic N) is 2. The van der Waals surface area contributed by atoms with E-state index in [0.717, 1.165) is 12.0 Å². The summed E-state index contributed by atoms with van der Waals surface area (Å²) >= 11 is 0. The Kier molecular flexibility index (Phi) is 4.43. The third kappa shape index (κ3) is 3.27. The second-order valence-corrected chi connectivity index (χ2v) is 6.24. The fraction of sp³-hybridized carbons (Fsp3) is 0.412. The number of benzene rings is 1. The zero-order valence-corrected chi connectivity index (χ0v) is 13.2. The Morgan fingerprint density at radius 3 is 2.78 bits per heavy atom. The van der Waals surface area contributed by atoms with Crippen LogP contribution in [-0.4, -0.2) is 47.7 Å². The summed E-state index contributed by atoms with van der Waals surface area (Å²) in [6.07, 6.45) is 4.78. The standard InChI is InChI=1S/C17H21FN4O/c1-22(7-6-13-9-20-21-10-13)16(23)17(11-19-12-17)8-14-4-2-3-5-15(14)18/h2-5,9-10,19H,6-8,11-12H2,1H3,(H,20,21). The van der Waals surface area contributed by atoms with Gasteiger partial charge in [0, 0.05) is 32.9 Å². The van der Waals surface area contributed by atoms with Gasteiger partial charge in [-0.05, 0) is 30.0 Å². The first-order valence-corrected chi connectivity index (χ1v) is 7.78. The number of carbonyl (C=O) groups is 1. The molecule has 0 atom stereocenters. The number of carbonyl (C=O) groups excluding carboxylic acids is 1. The van der Waals surface area contributed by atoms with Gasteiger partial charge in [-0.25, -0.2) is 4.39 Å². The van der Waals surface area contributed by atoms with E-state index in [1.54, 1.807) is 23.2 Å². The zero-order valence-electron chi connectivity index (χ0n) is 13.2. The van der Waals surface area contributed by atoms with E-state index >= 15 is 0 Å². The largest absolute Gasteiger partial charge is 0.345 e. The van der Waals surface area contributed by atoms with E-state index in [4.69, 9.17) is 0 Å². The molecule has 3 rings (SSSR count). The minimum atomic E-state index is -0.534. The van der Waals surface area contributed by atoms with Gasteiger partial charge in [0.1, 0.15) is 5.82 Å². The predicted molar refractivity (Wildman–Crippen MR) is 85.3 cm³/mol. The van der Waals surface area contributed by atoms with Crippen LogP contribution in [-0.2, 0) is 17.6 Å². The summed E-state index contributed by atoms with van der Waals surface area (Å²) in [4.78, 5) is 14.6. The number of hydrogen-bond donors (Lipinski definition) is 2. The molecule has 2 aromatic rings. The second kappa shape index (κ2) is 6.50. The Morgan fingerprint density at radius 2 is 2.17 bits per heavy atom. The molecule has 1 aliphatic rings. The number of nitrogens with one attached hydrogen (secondary N) is 2. The lowest BCUT2D eigenvalue weighted by Crippen LogP contribution is -2.62. The van der Waals surface area contributed by atoms with Crippen LogP contribution in [0.3, 0.4) is 0 Å². The minimum absolute atomic E-state index is 0.0722. The maximum atomic E-state index is 13.9. The molecular weight excluding hydrogens is 295 g/mol. The van der Waals surface area contributed by atoms with Gasteiger partial charge in [0.15, 0.2) is 0 Å². The molecule has 122 valence electrons. The van der Waals surface area contributed by atoms with E-state index < -0.39 is 5.41 Å².